The second-order valence-electron chi connectivity index (χ2n) is 4.19. The molecule has 5 nitrogen and oxygen atoms in total. The van der Waals surface area contributed by atoms with Gasteiger partial charge in [0.2, 0.25) is 0 Å². The quantitative estimate of drug-likeness (QED) is 0.640. The Morgan fingerprint density at radius 3 is 2.74 bits per heavy atom. The van der Waals surface area contributed by atoms with Gasteiger partial charge in [-0.15, -0.1) is 0 Å². The van der Waals surface area contributed by atoms with E-state index in [0.717, 1.165) is 5.56 Å². The second-order valence-corrected chi connectivity index (χ2v) is 4.63. The van der Waals surface area contributed by atoms with Gasteiger partial charge < -0.3 is 4.57 Å². The summed E-state index contributed by atoms with van der Waals surface area (Å²) in [5.74, 6) is 0. The molecule has 1 aromatic heterocycles. The molecule has 0 atom stereocenters. The molecule has 0 fully saturated rings. The molecule has 2 aromatic rings. The van der Waals surface area contributed by atoms with E-state index in [0.29, 0.717) is 10.6 Å². The minimum Gasteiger partial charge on any atom is -0.304 e. The summed E-state index contributed by atoms with van der Waals surface area (Å²) in [4.78, 5) is 22.2. The fourth-order valence-electron chi connectivity index (χ4n) is 1.80. The standard InChI is InChI=1S/C13H11ClN2O3/c1-9-5-13(17)15(8-12(9)16(18)19)7-10-3-2-4-11(14)6-10/h2-6,8H,7H2,1H3. The van der Waals surface area contributed by atoms with Crippen LogP contribution >= 0.6 is 11.6 Å². The normalized spacial score (nSPS) is 10.4. The van der Waals surface area contributed by atoms with Crippen molar-refractivity contribution in [2.45, 2.75) is 13.5 Å². The molecule has 0 aliphatic heterocycles. The van der Waals surface area contributed by atoms with Gasteiger partial charge in [-0.05, 0) is 24.6 Å². The number of pyridine rings is 1. The second kappa shape index (κ2) is 5.24. The van der Waals surface area contributed by atoms with E-state index in [2.05, 4.69) is 0 Å². The third-order valence-corrected chi connectivity index (χ3v) is 2.98. The van der Waals surface area contributed by atoms with Gasteiger partial charge in [-0.3, -0.25) is 14.9 Å². The fraction of sp³-hybridized carbons (Fsp3) is 0.154. The van der Waals surface area contributed by atoms with Gasteiger partial charge in [-0.1, -0.05) is 23.7 Å². The number of hydrogen-bond acceptors (Lipinski definition) is 3. The van der Waals surface area contributed by atoms with Crippen LogP contribution in [0.5, 0.6) is 0 Å². The van der Waals surface area contributed by atoms with E-state index in [1.807, 2.05) is 6.07 Å². The van der Waals surface area contributed by atoms with Gasteiger partial charge in [0.1, 0.15) is 0 Å². The SMILES string of the molecule is Cc1cc(=O)n(Cc2cccc(Cl)c2)cc1[N+](=O)[O-]. The van der Waals surface area contributed by atoms with E-state index in [9.17, 15) is 14.9 Å². The molecule has 0 bridgehead atoms. The predicted octanol–water partition coefficient (Wildman–Crippen LogP) is 2.77. The van der Waals surface area contributed by atoms with Crippen molar-refractivity contribution in [2.24, 2.45) is 0 Å². The van der Waals surface area contributed by atoms with Crippen molar-refractivity contribution < 1.29 is 4.92 Å². The first-order valence-electron chi connectivity index (χ1n) is 5.57. The minimum atomic E-state index is -0.497. The maximum atomic E-state index is 11.8. The van der Waals surface area contributed by atoms with E-state index in [4.69, 9.17) is 11.6 Å². The van der Waals surface area contributed by atoms with Crippen LogP contribution < -0.4 is 5.56 Å². The predicted molar refractivity (Wildman–Crippen MR) is 72.6 cm³/mol. The summed E-state index contributed by atoms with van der Waals surface area (Å²) in [7, 11) is 0. The van der Waals surface area contributed by atoms with Crippen LogP contribution in [-0.2, 0) is 6.54 Å². The molecule has 0 aliphatic rings. The Morgan fingerprint density at radius 2 is 2.11 bits per heavy atom. The summed E-state index contributed by atoms with van der Waals surface area (Å²) in [6, 6.07) is 8.29. The van der Waals surface area contributed by atoms with Crippen molar-refractivity contribution in [3.63, 3.8) is 0 Å². The van der Waals surface area contributed by atoms with Crippen LogP contribution in [0, 0.1) is 17.0 Å². The van der Waals surface area contributed by atoms with Gasteiger partial charge in [0.25, 0.3) is 11.2 Å². The van der Waals surface area contributed by atoms with Gasteiger partial charge in [-0.2, -0.15) is 0 Å². The zero-order valence-corrected chi connectivity index (χ0v) is 10.9. The minimum absolute atomic E-state index is 0.0679. The highest BCUT2D eigenvalue weighted by molar-refractivity contribution is 6.30. The van der Waals surface area contributed by atoms with Crippen molar-refractivity contribution in [3.05, 3.63) is 73.1 Å². The lowest BCUT2D eigenvalue weighted by Crippen LogP contribution is -2.20. The van der Waals surface area contributed by atoms with Gasteiger partial charge in [-0.25, -0.2) is 0 Å². The van der Waals surface area contributed by atoms with Crippen LogP contribution in [-0.4, -0.2) is 9.49 Å². The fourth-order valence-corrected chi connectivity index (χ4v) is 2.01. The molecule has 0 saturated heterocycles. The van der Waals surface area contributed by atoms with Crippen molar-refractivity contribution in [3.8, 4) is 0 Å². The third kappa shape index (κ3) is 3.00. The molecule has 98 valence electrons. The monoisotopic (exact) mass is 278 g/mol. The van der Waals surface area contributed by atoms with Gasteiger partial charge in [0.15, 0.2) is 0 Å². The summed E-state index contributed by atoms with van der Waals surface area (Å²) in [5.41, 5.74) is 0.829. The Labute approximate surface area is 114 Å². The van der Waals surface area contributed by atoms with E-state index >= 15 is 0 Å². The molecular formula is C13H11ClN2O3. The maximum Gasteiger partial charge on any atom is 0.288 e. The van der Waals surface area contributed by atoms with E-state index in [1.54, 1.807) is 25.1 Å². The first kappa shape index (κ1) is 13.3. The summed E-state index contributed by atoms with van der Waals surface area (Å²) in [6.07, 6.45) is 1.26. The lowest BCUT2D eigenvalue weighted by atomic mass is 10.2. The lowest BCUT2D eigenvalue weighted by Gasteiger charge is -2.07. The molecule has 0 unspecified atom stereocenters. The summed E-state index contributed by atoms with van der Waals surface area (Å²) in [6.45, 7) is 1.80. The molecule has 0 aliphatic carbocycles. The van der Waals surface area contributed by atoms with Crippen molar-refractivity contribution in [2.75, 3.05) is 0 Å². The Balaban J connectivity index is 2.43. The number of rotatable bonds is 3. The zero-order chi connectivity index (χ0) is 14.0. The van der Waals surface area contributed by atoms with Crippen molar-refractivity contribution in [1.82, 2.24) is 4.57 Å². The number of aryl methyl sites for hydroxylation is 1. The van der Waals surface area contributed by atoms with Gasteiger partial charge >= 0.3 is 0 Å². The Bertz CT molecular complexity index is 695. The zero-order valence-electron chi connectivity index (χ0n) is 10.2. The molecule has 1 heterocycles. The molecule has 2 rings (SSSR count). The number of nitrogens with zero attached hydrogens (tertiary/aromatic N) is 2. The molecule has 0 amide bonds. The summed E-state index contributed by atoms with van der Waals surface area (Å²) >= 11 is 5.86. The van der Waals surface area contributed by atoms with Gasteiger partial charge in [0.05, 0.1) is 17.7 Å². The largest absolute Gasteiger partial charge is 0.304 e. The van der Waals surface area contributed by atoms with Crippen LogP contribution in [0.25, 0.3) is 0 Å². The lowest BCUT2D eigenvalue weighted by molar-refractivity contribution is -0.385. The van der Waals surface area contributed by atoms with Crippen LogP contribution in [0.1, 0.15) is 11.1 Å². The van der Waals surface area contributed by atoms with Crippen molar-refractivity contribution >= 4 is 17.3 Å². The Morgan fingerprint density at radius 1 is 1.37 bits per heavy atom. The number of halogens is 1. The highest BCUT2D eigenvalue weighted by atomic mass is 35.5. The number of aromatic nitrogens is 1. The summed E-state index contributed by atoms with van der Waals surface area (Å²) < 4.78 is 1.30. The maximum absolute atomic E-state index is 11.8. The van der Waals surface area contributed by atoms with E-state index in [-0.39, 0.29) is 17.8 Å². The molecule has 0 saturated carbocycles. The molecule has 0 N–H and O–H groups in total. The van der Waals surface area contributed by atoms with Crippen LogP contribution in [0.2, 0.25) is 5.02 Å². The molecule has 0 radical (unpaired) electrons. The van der Waals surface area contributed by atoms with E-state index < -0.39 is 4.92 Å². The first-order valence-corrected chi connectivity index (χ1v) is 5.95. The number of nitro groups is 1. The topological polar surface area (TPSA) is 65.1 Å². The van der Waals surface area contributed by atoms with E-state index in [1.165, 1.54) is 16.8 Å². The molecule has 1 aromatic carbocycles. The Kier molecular flexibility index (Phi) is 3.66. The Hall–Kier alpha value is -2.14. The molecule has 0 spiro atoms. The van der Waals surface area contributed by atoms with Gasteiger partial charge in [0, 0.05) is 16.7 Å². The van der Waals surface area contributed by atoms with Crippen LogP contribution in [0.15, 0.2) is 41.3 Å². The van der Waals surface area contributed by atoms with Crippen molar-refractivity contribution in [1.29, 1.82) is 0 Å². The highest BCUT2D eigenvalue weighted by Crippen LogP contribution is 2.16. The smallest absolute Gasteiger partial charge is 0.288 e. The first-order chi connectivity index (χ1) is 8.97. The number of hydrogen-bond donors (Lipinski definition) is 0. The number of benzene rings is 1. The average molecular weight is 279 g/mol. The van der Waals surface area contributed by atoms with Crippen LogP contribution in [0.3, 0.4) is 0 Å². The highest BCUT2D eigenvalue weighted by Gasteiger charge is 2.13. The molecule has 6 heteroatoms. The van der Waals surface area contributed by atoms with Crippen LogP contribution in [0.4, 0.5) is 5.69 Å². The summed E-state index contributed by atoms with van der Waals surface area (Å²) in [5, 5.41) is 11.4. The average Bonchev–Trinajstić information content (AvgIpc) is 2.32. The molecular weight excluding hydrogens is 268 g/mol. The third-order valence-electron chi connectivity index (χ3n) is 2.74. The molecule has 19 heavy (non-hydrogen) atoms.